The molecule has 0 spiro atoms. The van der Waals surface area contributed by atoms with Crippen LogP contribution in [0.1, 0.15) is 34.8 Å². The van der Waals surface area contributed by atoms with Crippen molar-refractivity contribution in [2.75, 3.05) is 18.9 Å². The maximum atomic E-state index is 12.5. The molecule has 1 aromatic carbocycles. The molecule has 112 valence electrons. The Hall–Kier alpha value is -1.81. The Balaban J connectivity index is 2.07. The fourth-order valence-electron chi connectivity index (χ4n) is 2.22. The van der Waals surface area contributed by atoms with Crippen LogP contribution < -0.4 is 5.32 Å². The maximum Gasteiger partial charge on any atom is 0.254 e. The number of thiophene rings is 1. The predicted molar refractivity (Wildman–Crippen MR) is 90.1 cm³/mol. The number of hydrogen-bond donors (Lipinski definition) is 1. The summed E-state index contributed by atoms with van der Waals surface area (Å²) in [7, 11) is 1.85. The van der Waals surface area contributed by atoms with E-state index in [1.807, 2.05) is 37.6 Å². The molecule has 21 heavy (non-hydrogen) atoms. The minimum absolute atomic E-state index is 0.0701. The van der Waals surface area contributed by atoms with Gasteiger partial charge in [0.25, 0.3) is 5.91 Å². The Morgan fingerprint density at radius 2 is 2.14 bits per heavy atom. The van der Waals surface area contributed by atoms with Gasteiger partial charge in [-0.05, 0) is 59.5 Å². The zero-order valence-corrected chi connectivity index (χ0v) is 13.7. The van der Waals surface area contributed by atoms with E-state index in [0.717, 1.165) is 29.8 Å². The SMILES string of the molecule is CCCNc1ccc(C(=O)N(C)Cc2ccsc2)c(C)c1. The topological polar surface area (TPSA) is 32.3 Å². The number of nitrogens with one attached hydrogen (secondary N) is 1. The first-order chi connectivity index (χ1) is 10.1. The smallest absolute Gasteiger partial charge is 0.254 e. The summed E-state index contributed by atoms with van der Waals surface area (Å²) >= 11 is 1.66. The van der Waals surface area contributed by atoms with Gasteiger partial charge < -0.3 is 10.2 Å². The molecule has 1 amide bonds. The van der Waals surface area contributed by atoms with Gasteiger partial charge in [-0.15, -0.1) is 0 Å². The number of anilines is 1. The van der Waals surface area contributed by atoms with Crippen molar-refractivity contribution in [3.8, 4) is 0 Å². The first kappa shape index (κ1) is 15.6. The minimum Gasteiger partial charge on any atom is -0.385 e. The summed E-state index contributed by atoms with van der Waals surface area (Å²) in [5.41, 5.74) is 4.04. The summed E-state index contributed by atoms with van der Waals surface area (Å²) in [5.74, 6) is 0.0701. The van der Waals surface area contributed by atoms with E-state index in [1.54, 1.807) is 16.2 Å². The van der Waals surface area contributed by atoms with Gasteiger partial charge >= 0.3 is 0 Å². The molecule has 3 nitrogen and oxygen atoms in total. The molecule has 2 aromatic rings. The van der Waals surface area contributed by atoms with Crippen LogP contribution in [0, 0.1) is 6.92 Å². The number of hydrogen-bond acceptors (Lipinski definition) is 3. The number of carbonyl (C=O) groups is 1. The molecule has 1 aromatic heterocycles. The van der Waals surface area contributed by atoms with Crippen molar-refractivity contribution >= 4 is 22.9 Å². The molecule has 0 radical (unpaired) electrons. The monoisotopic (exact) mass is 302 g/mol. The second-order valence-electron chi connectivity index (χ2n) is 5.25. The molecule has 0 saturated heterocycles. The van der Waals surface area contributed by atoms with E-state index in [2.05, 4.69) is 23.7 Å². The molecule has 0 unspecified atom stereocenters. The van der Waals surface area contributed by atoms with Gasteiger partial charge in [0, 0.05) is 31.4 Å². The molecule has 2 rings (SSSR count). The third-order valence-corrected chi connectivity index (χ3v) is 4.11. The van der Waals surface area contributed by atoms with Gasteiger partial charge in [-0.25, -0.2) is 0 Å². The lowest BCUT2D eigenvalue weighted by Gasteiger charge is -2.18. The molecule has 0 fully saturated rings. The van der Waals surface area contributed by atoms with E-state index in [-0.39, 0.29) is 5.91 Å². The summed E-state index contributed by atoms with van der Waals surface area (Å²) in [4.78, 5) is 14.3. The van der Waals surface area contributed by atoms with Crippen molar-refractivity contribution in [1.82, 2.24) is 4.90 Å². The van der Waals surface area contributed by atoms with Gasteiger partial charge in [-0.1, -0.05) is 6.92 Å². The minimum atomic E-state index is 0.0701. The van der Waals surface area contributed by atoms with Crippen molar-refractivity contribution in [2.24, 2.45) is 0 Å². The highest BCUT2D eigenvalue weighted by Gasteiger charge is 2.14. The van der Waals surface area contributed by atoms with Crippen LogP contribution >= 0.6 is 11.3 Å². The highest BCUT2D eigenvalue weighted by Crippen LogP contribution is 2.18. The van der Waals surface area contributed by atoms with E-state index >= 15 is 0 Å². The summed E-state index contributed by atoms with van der Waals surface area (Å²) in [5, 5.41) is 7.46. The molecule has 4 heteroatoms. The fourth-order valence-corrected chi connectivity index (χ4v) is 2.88. The van der Waals surface area contributed by atoms with Crippen molar-refractivity contribution < 1.29 is 4.79 Å². The number of benzene rings is 1. The van der Waals surface area contributed by atoms with Gasteiger partial charge in [-0.2, -0.15) is 11.3 Å². The Morgan fingerprint density at radius 3 is 2.76 bits per heavy atom. The summed E-state index contributed by atoms with van der Waals surface area (Å²) in [6, 6.07) is 7.99. The van der Waals surface area contributed by atoms with Gasteiger partial charge in [0.1, 0.15) is 0 Å². The van der Waals surface area contributed by atoms with Crippen molar-refractivity contribution in [3.05, 3.63) is 51.7 Å². The molecule has 0 saturated carbocycles. The van der Waals surface area contributed by atoms with Crippen molar-refractivity contribution in [1.29, 1.82) is 0 Å². The van der Waals surface area contributed by atoms with Crippen LogP contribution in [-0.4, -0.2) is 24.4 Å². The molecular formula is C17H22N2OS. The lowest BCUT2D eigenvalue weighted by molar-refractivity contribution is 0.0784. The Morgan fingerprint density at radius 1 is 1.33 bits per heavy atom. The van der Waals surface area contributed by atoms with E-state index in [4.69, 9.17) is 0 Å². The Kier molecular flexibility index (Phi) is 5.39. The van der Waals surface area contributed by atoms with Crippen LogP contribution in [0.3, 0.4) is 0 Å². The van der Waals surface area contributed by atoms with Crippen LogP contribution in [0.15, 0.2) is 35.0 Å². The van der Waals surface area contributed by atoms with Crippen LogP contribution in [-0.2, 0) is 6.54 Å². The van der Waals surface area contributed by atoms with E-state index in [9.17, 15) is 4.79 Å². The van der Waals surface area contributed by atoms with Crippen molar-refractivity contribution in [2.45, 2.75) is 26.8 Å². The maximum absolute atomic E-state index is 12.5. The summed E-state index contributed by atoms with van der Waals surface area (Å²) < 4.78 is 0. The molecule has 0 atom stereocenters. The van der Waals surface area contributed by atoms with E-state index < -0.39 is 0 Å². The molecule has 0 aliphatic rings. The Bertz CT molecular complexity index is 593. The van der Waals surface area contributed by atoms with Crippen molar-refractivity contribution in [3.63, 3.8) is 0 Å². The zero-order valence-electron chi connectivity index (χ0n) is 12.8. The number of amides is 1. The second kappa shape index (κ2) is 7.27. The molecule has 0 aliphatic carbocycles. The predicted octanol–water partition coefficient (Wildman–Crippen LogP) is 4.15. The molecule has 1 heterocycles. The standard InChI is InChI=1S/C17H22N2OS/c1-4-8-18-15-5-6-16(13(2)10-15)17(20)19(3)11-14-7-9-21-12-14/h5-7,9-10,12,18H,4,8,11H2,1-3H3. The van der Waals surface area contributed by atoms with E-state index in [1.165, 1.54) is 5.56 Å². The lowest BCUT2D eigenvalue weighted by atomic mass is 10.1. The van der Waals surface area contributed by atoms with Gasteiger partial charge in [0.05, 0.1) is 0 Å². The quantitative estimate of drug-likeness (QED) is 0.869. The van der Waals surface area contributed by atoms with Gasteiger partial charge in [-0.3, -0.25) is 4.79 Å². The lowest BCUT2D eigenvalue weighted by Crippen LogP contribution is -2.26. The normalized spacial score (nSPS) is 10.4. The van der Waals surface area contributed by atoms with Gasteiger partial charge in [0.15, 0.2) is 0 Å². The first-order valence-corrected chi connectivity index (χ1v) is 8.17. The van der Waals surface area contributed by atoms with Crippen LogP contribution in [0.5, 0.6) is 0 Å². The third-order valence-electron chi connectivity index (χ3n) is 3.38. The molecule has 0 bridgehead atoms. The molecular weight excluding hydrogens is 280 g/mol. The number of rotatable bonds is 6. The average molecular weight is 302 g/mol. The molecule has 0 aliphatic heterocycles. The average Bonchev–Trinajstić information content (AvgIpc) is 2.97. The fraction of sp³-hybridized carbons (Fsp3) is 0.353. The second-order valence-corrected chi connectivity index (χ2v) is 6.03. The van der Waals surface area contributed by atoms with Gasteiger partial charge in [0.2, 0.25) is 0 Å². The highest BCUT2D eigenvalue weighted by atomic mass is 32.1. The largest absolute Gasteiger partial charge is 0.385 e. The number of carbonyl (C=O) groups excluding carboxylic acids is 1. The van der Waals surface area contributed by atoms with E-state index in [0.29, 0.717) is 6.54 Å². The highest BCUT2D eigenvalue weighted by molar-refractivity contribution is 7.07. The Labute approximate surface area is 130 Å². The third kappa shape index (κ3) is 4.08. The first-order valence-electron chi connectivity index (χ1n) is 7.23. The number of aryl methyl sites for hydroxylation is 1. The summed E-state index contributed by atoms with van der Waals surface area (Å²) in [6.45, 7) is 5.72. The van der Waals surface area contributed by atoms with Crippen LogP contribution in [0.4, 0.5) is 5.69 Å². The zero-order chi connectivity index (χ0) is 15.2. The number of nitrogens with zero attached hydrogens (tertiary/aromatic N) is 1. The van der Waals surface area contributed by atoms with Crippen LogP contribution in [0.2, 0.25) is 0 Å². The summed E-state index contributed by atoms with van der Waals surface area (Å²) in [6.07, 6.45) is 1.09. The van der Waals surface area contributed by atoms with Crippen LogP contribution in [0.25, 0.3) is 0 Å². The molecule has 1 N–H and O–H groups in total.